The molecule has 0 unspecified atom stereocenters. The second kappa shape index (κ2) is 8.82. The van der Waals surface area contributed by atoms with Gasteiger partial charge in [0.15, 0.2) is 0 Å². The minimum atomic E-state index is -3.81. The van der Waals surface area contributed by atoms with Gasteiger partial charge in [0.05, 0.1) is 23.7 Å². The molecule has 0 saturated heterocycles. The Labute approximate surface area is 164 Å². The van der Waals surface area contributed by atoms with Crippen LogP contribution in [0, 0.1) is 0 Å². The minimum Gasteiger partial charge on any atom is -0.462 e. The van der Waals surface area contributed by atoms with Gasteiger partial charge < -0.3 is 4.74 Å². The summed E-state index contributed by atoms with van der Waals surface area (Å²) >= 11 is 0. The molecule has 0 heterocycles. The van der Waals surface area contributed by atoms with Crippen LogP contribution in [0.1, 0.15) is 22.8 Å². The Balaban J connectivity index is 1.75. The summed E-state index contributed by atoms with van der Waals surface area (Å²) in [5, 5.41) is 0. The number of hydrogen-bond donors (Lipinski definition) is 0. The summed E-state index contributed by atoms with van der Waals surface area (Å²) < 4.78 is 34.6. The van der Waals surface area contributed by atoms with Gasteiger partial charge >= 0.3 is 5.97 Å². The standard InChI is InChI=1S/C22H20O5S/c1-2-26-22(23)21-11-7-6-10-20(21)18-14-12-17(13-15-18)16-27-28(24,25)19-8-4-3-5-9-19/h3-15H,2,16H2,1H3. The maximum absolute atomic E-state index is 12.2. The topological polar surface area (TPSA) is 69.7 Å². The molecule has 0 bridgehead atoms. The molecular formula is C22H20O5S. The van der Waals surface area contributed by atoms with Gasteiger partial charge in [0.1, 0.15) is 0 Å². The van der Waals surface area contributed by atoms with E-state index in [2.05, 4.69) is 0 Å². The molecule has 6 heteroatoms. The van der Waals surface area contributed by atoms with Crippen LogP contribution < -0.4 is 0 Å². The lowest BCUT2D eigenvalue weighted by Gasteiger charge is -2.10. The van der Waals surface area contributed by atoms with Gasteiger partial charge in [-0.3, -0.25) is 4.18 Å². The van der Waals surface area contributed by atoms with Crippen molar-refractivity contribution in [3.63, 3.8) is 0 Å². The van der Waals surface area contributed by atoms with Gasteiger partial charge in [-0.15, -0.1) is 0 Å². The quantitative estimate of drug-likeness (QED) is 0.436. The Bertz CT molecular complexity index is 1040. The highest BCUT2D eigenvalue weighted by molar-refractivity contribution is 7.86. The number of ether oxygens (including phenoxy) is 1. The Kier molecular flexibility index (Phi) is 6.23. The summed E-state index contributed by atoms with van der Waals surface area (Å²) in [6.07, 6.45) is 0. The maximum atomic E-state index is 12.2. The van der Waals surface area contributed by atoms with Crippen LogP contribution in [0.2, 0.25) is 0 Å². The lowest BCUT2D eigenvalue weighted by Crippen LogP contribution is -2.07. The predicted molar refractivity (Wildman–Crippen MR) is 106 cm³/mol. The summed E-state index contributed by atoms with van der Waals surface area (Å²) in [6, 6.07) is 22.4. The van der Waals surface area contributed by atoms with Gasteiger partial charge in [-0.2, -0.15) is 8.42 Å². The molecule has 0 saturated carbocycles. The molecule has 3 aromatic rings. The van der Waals surface area contributed by atoms with Crippen molar-refractivity contribution >= 4 is 16.1 Å². The highest BCUT2D eigenvalue weighted by Gasteiger charge is 2.15. The fraction of sp³-hybridized carbons (Fsp3) is 0.136. The predicted octanol–water partition coefficient (Wildman–Crippen LogP) is 4.44. The average molecular weight is 396 g/mol. The van der Waals surface area contributed by atoms with Crippen LogP contribution >= 0.6 is 0 Å². The van der Waals surface area contributed by atoms with E-state index in [1.165, 1.54) is 12.1 Å². The molecule has 144 valence electrons. The third-order valence-corrected chi connectivity index (χ3v) is 5.38. The van der Waals surface area contributed by atoms with Gasteiger partial charge in [-0.1, -0.05) is 60.7 Å². The van der Waals surface area contributed by atoms with Crippen molar-refractivity contribution in [3.8, 4) is 11.1 Å². The Morgan fingerprint density at radius 2 is 1.50 bits per heavy atom. The lowest BCUT2D eigenvalue weighted by atomic mass is 9.99. The highest BCUT2D eigenvalue weighted by Crippen LogP contribution is 2.25. The number of carbonyl (C=O) groups is 1. The first-order chi connectivity index (χ1) is 13.5. The summed E-state index contributed by atoms with van der Waals surface area (Å²) in [5.74, 6) is -0.375. The van der Waals surface area contributed by atoms with E-state index in [0.717, 1.165) is 11.1 Å². The summed E-state index contributed by atoms with van der Waals surface area (Å²) in [7, 11) is -3.81. The molecule has 0 radical (unpaired) electrons. The number of hydrogen-bond acceptors (Lipinski definition) is 5. The van der Waals surface area contributed by atoms with Crippen LogP contribution in [-0.2, 0) is 25.6 Å². The van der Waals surface area contributed by atoms with Gasteiger partial charge in [0, 0.05) is 0 Å². The zero-order chi connectivity index (χ0) is 20.0. The third kappa shape index (κ3) is 4.65. The number of rotatable bonds is 7. The molecule has 0 atom stereocenters. The summed E-state index contributed by atoms with van der Waals surface area (Å²) in [4.78, 5) is 12.3. The molecule has 0 aliphatic rings. The molecule has 0 spiro atoms. The Morgan fingerprint density at radius 1 is 0.857 bits per heavy atom. The van der Waals surface area contributed by atoms with Crippen molar-refractivity contribution in [2.24, 2.45) is 0 Å². The molecule has 3 rings (SSSR count). The van der Waals surface area contributed by atoms with E-state index in [-0.39, 0.29) is 17.5 Å². The zero-order valence-electron chi connectivity index (χ0n) is 15.4. The van der Waals surface area contributed by atoms with Crippen LogP contribution in [0.4, 0.5) is 0 Å². The normalized spacial score (nSPS) is 11.2. The van der Waals surface area contributed by atoms with Crippen molar-refractivity contribution in [1.82, 2.24) is 0 Å². The van der Waals surface area contributed by atoms with Crippen LogP contribution in [0.25, 0.3) is 11.1 Å². The van der Waals surface area contributed by atoms with Gasteiger partial charge in [-0.05, 0) is 41.8 Å². The average Bonchev–Trinajstić information content (AvgIpc) is 2.73. The molecule has 3 aromatic carbocycles. The second-order valence-corrected chi connectivity index (χ2v) is 7.61. The number of esters is 1. The second-order valence-electron chi connectivity index (χ2n) is 5.99. The lowest BCUT2D eigenvalue weighted by molar-refractivity contribution is 0.0527. The van der Waals surface area contributed by atoms with Gasteiger partial charge in [0.25, 0.3) is 10.1 Å². The van der Waals surface area contributed by atoms with E-state index in [4.69, 9.17) is 8.92 Å². The van der Waals surface area contributed by atoms with E-state index < -0.39 is 10.1 Å². The fourth-order valence-corrected chi connectivity index (χ4v) is 3.62. The summed E-state index contributed by atoms with van der Waals surface area (Å²) in [5.41, 5.74) is 2.78. The van der Waals surface area contributed by atoms with Gasteiger partial charge in [0.2, 0.25) is 0 Å². The molecule has 0 fully saturated rings. The number of benzene rings is 3. The number of carbonyl (C=O) groups excluding carboxylic acids is 1. The SMILES string of the molecule is CCOC(=O)c1ccccc1-c1ccc(COS(=O)(=O)c2ccccc2)cc1. The van der Waals surface area contributed by atoms with Crippen LogP contribution in [0.15, 0.2) is 83.8 Å². The molecule has 0 aliphatic heterocycles. The van der Waals surface area contributed by atoms with Crippen molar-refractivity contribution < 1.29 is 22.1 Å². The van der Waals surface area contributed by atoms with Crippen molar-refractivity contribution in [3.05, 3.63) is 90.0 Å². The van der Waals surface area contributed by atoms with Gasteiger partial charge in [-0.25, -0.2) is 4.79 Å². The Hall–Kier alpha value is -2.96. The van der Waals surface area contributed by atoms with E-state index in [9.17, 15) is 13.2 Å². The van der Waals surface area contributed by atoms with Crippen molar-refractivity contribution in [1.29, 1.82) is 0 Å². The molecule has 0 aromatic heterocycles. The minimum absolute atomic E-state index is 0.0724. The van der Waals surface area contributed by atoms with Crippen LogP contribution in [-0.4, -0.2) is 21.0 Å². The Morgan fingerprint density at radius 3 is 2.18 bits per heavy atom. The van der Waals surface area contributed by atoms with E-state index in [1.54, 1.807) is 49.4 Å². The molecule has 5 nitrogen and oxygen atoms in total. The maximum Gasteiger partial charge on any atom is 0.338 e. The first kappa shape index (κ1) is 19.8. The van der Waals surface area contributed by atoms with E-state index in [1.807, 2.05) is 24.3 Å². The van der Waals surface area contributed by atoms with Crippen molar-refractivity contribution in [2.75, 3.05) is 6.61 Å². The summed E-state index contributed by atoms with van der Waals surface area (Å²) in [6.45, 7) is 2.00. The monoisotopic (exact) mass is 396 g/mol. The van der Waals surface area contributed by atoms with Crippen LogP contribution in [0.5, 0.6) is 0 Å². The molecule has 0 amide bonds. The van der Waals surface area contributed by atoms with Crippen LogP contribution in [0.3, 0.4) is 0 Å². The molecule has 28 heavy (non-hydrogen) atoms. The smallest absolute Gasteiger partial charge is 0.338 e. The largest absolute Gasteiger partial charge is 0.462 e. The molecule has 0 aliphatic carbocycles. The fourth-order valence-electron chi connectivity index (χ4n) is 2.70. The highest BCUT2D eigenvalue weighted by atomic mass is 32.2. The zero-order valence-corrected chi connectivity index (χ0v) is 16.2. The first-order valence-corrected chi connectivity index (χ1v) is 10.2. The molecule has 0 N–H and O–H groups in total. The van der Waals surface area contributed by atoms with E-state index >= 15 is 0 Å². The van der Waals surface area contributed by atoms with E-state index in [0.29, 0.717) is 17.7 Å². The molecular weight excluding hydrogens is 376 g/mol. The third-order valence-electron chi connectivity index (χ3n) is 4.10. The first-order valence-electron chi connectivity index (χ1n) is 8.81. The van der Waals surface area contributed by atoms with Crippen molar-refractivity contribution in [2.45, 2.75) is 18.4 Å².